The molecule has 0 heterocycles. The average Bonchev–Trinajstić information content (AvgIpc) is 3.27. The predicted octanol–water partition coefficient (Wildman–Crippen LogP) is 7.84. The normalized spacial score (nSPS) is 17.6. The van der Waals surface area contributed by atoms with Gasteiger partial charge >= 0.3 is 0 Å². The summed E-state index contributed by atoms with van der Waals surface area (Å²) in [5.41, 5.74) is 10.0. The number of rotatable bonds is 0. The minimum atomic E-state index is -0.375. The first-order valence-corrected chi connectivity index (χ1v) is 10.7. The van der Waals surface area contributed by atoms with Crippen molar-refractivity contribution < 1.29 is 0 Å². The van der Waals surface area contributed by atoms with Crippen molar-refractivity contribution in [3.8, 4) is 22.3 Å². The van der Waals surface area contributed by atoms with Crippen molar-refractivity contribution in [2.75, 3.05) is 0 Å². The minimum Gasteiger partial charge on any atom is -0.0840 e. The molecule has 1 atom stereocenters. The largest absolute Gasteiger partial charge is 0.0840 e. The van der Waals surface area contributed by atoms with E-state index in [1.165, 1.54) is 55.3 Å². The quantitative estimate of drug-likeness (QED) is 0.243. The van der Waals surface area contributed by atoms with Crippen molar-refractivity contribution in [3.63, 3.8) is 0 Å². The molecule has 1 unspecified atom stereocenters. The molecule has 0 N–H and O–H groups in total. The van der Waals surface area contributed by atoms with Gasteiger partial charge in [0.2, 0.25) is 0 Å². The van der Waals surface area contributed by atoms with Gasteiger partial charge in [0.25, 0.3) is 0 Å². The van der Waals surface area contributed by atoms with Crippen LogP contribution < -0.4 is 0 Å². The fourth-order valence-electron chi connectivity index (χ4n) is 5.92. The van der Waals surface area contributed by atoms with Gasteiger partial charge in [0.05, 0.1) is 5.41 Å². The molecule has 0 aliphatic heterocycles. The van der Waals surface area contributed by atoms with Crippen LogP contribution in [0.3, 0.4) is 0 Å². The van der Waals surface area contributed by atoms with E-state index < -0.39 is 0 Å². The lowest BCUT2D eigenvalue weighted by Crippen LogP contribution is -2.26. The molecule has 0 bridgehead atoms. The summed E-state index contributed by atoms with van der Waals surface area (Å²) in [7, 11) is 0. The molecule has 1 heteroatoms. The van der Waals surface area contributed by atoms with E-state index in [0.29, 0.717) is 0 Å². The molecule has 30 heavy (non-hydrogen) atoms. The summed E-state index contributed by atoms with van der Waals surface area (Å²) in [6.45, 7) is 0. The van der Waals surface area contributed by atoms with E-state index in [1.54, 1.807) is 0 Å². The third-order valence-corrected chi connectivity index (χ3v) is 7.26. The fraction of sp³-hybridized carbons (Fsp3) is 0.0345. The molecule has 5 aromatic carbocycles. The van der Waals surface area contributed by atoms with Crippen LogP contribution in [-0.4, -0.2) is 0 Å². The van der Waals surface area contributed by atoms with Gasteiger partial charge in [0.1, 0.15) is 0 Å². The Bertz CT molecular complexity index is 1510. The van der Waals surface area contributed by atoms with Gasteiger partial charge in [-0.25, -0.2) is 0 Å². The predicted molar refractivity (Wildman–Crippen MR) is 125 cm³/mol. The zero-order valence-corrected chi connectivity index (χ0v) is 16.9. The van der Waals surface area contributed by atoms with Gasteiger partial charge in [-0.15, -0.1) is 0 Å². The molecule has 0 amide bonds. The van der Waals surface area contributed by atoms with Gasteiger partial charge in [-0.05, 0) is 61.3 Å². The number of hydrogen-bond donors (Lipinski definition) is 0. The average molecular weight is 401 g/mol. The third kappa shape index (κ3) is 1.75. The highest BCUT2D eigenvalue weighted by Gasteiger charge is 2.52. The minimum absolute atomic E-state index is 0.375. The van der Waals surface area contributed by atoms with Crippen molar-refractivity contribution >= 4 is 22.4 Å². The molecule has 0 aromatic heterocycles. The summed E-state index contributed by atoms with van der Waals surface area (Å²) < 4.78 is 0. The Morgan fingerprint density at radius 1 is 0.500 bits per heavy atom. The van der Waals surface area contributed by atoms with E-state index in [2.05, 4.69) is 97.1 Å². The van der Waals surface area contributed by atoms with E-state index in [4.69, 9.17) is 11.6 Å². The lowest BCUT2D eigenvalue weighted by molar-refractivity contribution is 0.794. The van der Waals surface area contributed by atoms with Crippen molar-refractivity contribution in [2.24, 2.45) is 0 Å². The molecule has 0 saturated carbocycles. The molecule has 0 saturated heterocycles. The number of halogens is 1. The molecular weight excluding hydrogens is 384 g/mol. The zero-order chi connectivity index (χ0) is 19.9. The fourth-order valence-corrected chi connectivity index (χ4v) is 6.23. The zero-order valence-electron chi connectivity index (χ0n) is 16.2. The smallest absolute Gasteiger partial charge is 0.0740 e. The molecule has 0 radical (unpaired) electrons. The summed E-state index contributed by atoms with van der Waals surface area (Å²) in [6, 6.07) is 37.3. The summed E-state index contributed by atoms with van der Waals surface area (Å²) in [4.78, 5) is 0. The Hall–Kier alpha value is -3.35. The van der Waals surface area contributed by atoms with Crippen molar-refractivity contribution in [2.45, 2.75) is 5.41 Å². The maximum absolute atomic E-state index is 6.98. The van der Waals surface area contributed by atoms with Crippen LogP contribution >= 0.6 is 11.6 Å². The third-order valence-electron chi connectivity index (χ3n) is 6.94. The van der Waals surface area contributed by atoms with Crippen LogP contribution in [0.15, 0.2) is 103 Å². The molecule has 0 fully saturated rings. The van der Waals surface area contributed by atoms with Gasteiger partial charge in [-0.1, -0.05) is 109 Å². The Kier molecular flexibility index (Phi) is 3.08. The van der Waals surface area contributed by atoms with Gasteiger partial charge in [-0.2, -0.15) is 0 Å². The van der Waals surface area contributed by atoms with Crippen LogP contribution in [0.2, 0.25) is 5.02 Å². The van der Waals surface area contributed by atoms with Crippen molar-refractivity contribution in [1.82, 2.24) is 0 Å². The molecule has 0 nitrogen and oxygen atoms in total. The summed E-state index contributed by atoms with van der Waals surface area (Å²) in [5.74, 6) is 0. The van der Waals surface area contributed by atoms with Crippen LogP contribution in [0, 0.1) is 0 Å². The molecule has 2 aliphatic rings. The maximum atomic E-state index is 6.98. The first-order chi connectivity index (χ1) is 14.8. The van der Waals surface area contributed by atoms with Crippen LogP contribution in [0.1, 0.15) is 22.3 Å². The molecular formula is C29H17Cl. The molecule has 1 spiro atoms. The second-order valence-electron chi connectivity index (χ2n) is 8.21. The SMILES string of the molecule is Clc1cccc2c1C1(c3ccccc3-2)c2ccccc2-c2c1ccc1ccccc21. The Morgan fingerprint density at radius 2 is 1.17 bits per heavy atom. The van der Waals surface area contributed by atoms with Crippen molar-refractivity contribution in [3.05, 3.63) is 130 Å². The Morgan fingerprint density at radius 3 is 2.03 bits per heavy atom. The van der Waals surface area contributed by atoms with Crippen LogP contribution in [0.4, 0.5) is 0 Å². The molecule has 2 aliphatic carbocycles. The second kappa shape index (κ2) is 5.62. The van der Waals surface area contributed by atoms with Gasteiger partial charge in [0.15, 0.2) is 0 Å². The number of fused-ring (bicyclic) bond motifs is 12. The van der Waals surface area contributed by atoms with Crippen molar-refractivity contribution in [1.29, 1.82) is 0 Å². The molecule has 7 rings (SSSR count). The first kappa shape index (κ1) is 16.4. The van der Waals surface area contributed by atoms with E-state index in [9.17, 15) is 0 Å². The maximum Gasteiger partial charge on any atom is 0.0740 e. The van der Waals surface area contributed by atoms with Gasteiger partial charge < -0.3 is 0 Å². The summed E-state index contributed by atoms with van der Waals surface area (Å²) in [6.07, 6.45) is 0. The Balaban J connectivity index is 1.77. The van der Waals surface area contributed by atoms with E-state index in [0.717, 1.165) is 5.02 Å². The highest BCUT2D eigenvalue weighted by Crippen LogP contribution is 2.64. The molecule has 140 valence electrons. The summed E-state index contributed by atoms with van der Waals surface area (Å²) >= 11 is 6.98. The highest BCUT2D eigenvalue weighted by atomic mass is 35.5. The topological polar surface area (TPSA) is 0 Å². The lowest BCUT2D eigenvalue weighted by Gasteiger charge is -2.31. The monoisotopic (exact) mass is 400 g/mol. The standard InChI is InChI=1S/C29H17Cl/c30-26-15-7-12-21-20-10-3-5-13-23(20)29(28(21)26)24-14-6-4-11-22(24)27-19-9-2-1-8-18(19)16-17-25(27)29/h1-17H. The second-order valence-corrected chi connectivity index (χ2v) is 8.62. The van der Waals surface area contributed by atoms with Gasteiger partial charge in [0, 0.05) is 5.02 Å². The first-order valence-electron chi connectivity index (χ1n) is 10.3. The molecule has 5 aromatic rings. The number of benzene rings is 5. The van der Waals surface area contributed by atoms with E-state index in [-0.39, 0.29) is 5.41 Å². The van der Waals surface area contributed by atoms with Crippen LogP contribution in [0.5, 0.6) is 0 Å². The van der Waals surface area contributed by atoms with E-state index >= 15 is 0 Å². The van der Waals surface area contributed by atoms with E-state index in [1.807, 2.05) is 6.07 Å². The van der Waals surface area contributed by atoms with Crippen LogP contribution in [-0.2, 0) is 5.41 Å². The highest BCUT2D eigenvalue weighted by molar-refractivity contribution is 6.32. The summed E-state index contributed by atoms with van der Waals surface area (Å²) in [5, 5.41) is 3.41. The lowest BCUT2D eigenvalue weighted by atomic mass is 9.70. The van der Waals surface area contributed by atoms with Crippen LogP contribution in [0.25, 0.3) is 33.0 Å². The Labute approximate surface area is 180 Å². The van der Waals surface area contributed by atoms with Gasteiger partial charge in [-0.3, -0.25) is 0 Å². The number of hydrogen-bond acceptors (Lipinski definition) is 0.